The van der Waals surface area contributed by atoms with Crippen LogP contribution in [0.3, 0.4) is 0 Å². The number of aromatic amines is 1. The molecule has 1 aromatic carbocycles. The summed E-state index contributed by atoms with van der Waals surface area (Å²) in [6.07, 6.45) is 4.38. The lowest BCUT2D eigenvalue weighted by atomic mass is 9.79. The first-order valence-electron chi connectivity index (χ1n) is 14.7. The maximum absolute atomic E-state index is 6.27. The van der Waals surface area contributed by atoms with Crippen molar-refractivity contribution in [2.24, 2.45) is 16.7 Å². The van der Waals surface area contributed by atoms with Gasteiger partial charge < -0.3 is 20.4 Å². The van der Waals surface area contributed by atoms with E-state index < -0.39 is 0 Å². The van der Waals surface area contributed by atoms with Crippen molar-refractivity contribution in [1.82, 2.24) is 19.9 Å². The van der Waals surface area contributed by atoms with Gasteiger partial charge in [-0.1, -0.05) is 61.3 Å². The van der Waals surface area contributed by atoms with Crippen molar-refractivity contribution in [3.8, 4) is 0 Å². The van der Waals surface area contributed by atoms with Crippen molar-refractivity contribution in [2.45, 2.75) is 74.1 Å². The zero-order valence-electron chi connectivity index (χ0n) is 24.9. The molecule has 1 atom stereocenters. The van der Waals surface area contributed by atoms with Crippen LogP contribution in [0.4, 0.5) is 11.5 Å². The molecule has 4 rings (SSSR count). The van der Waals surface area contributed by atoms with E-state index in [4.69, 9.17) is 15.5 Å². The number of imidazole rings is 1. The third-order valence-electron chi connectivity index (χ3n) is 8.55. The Balaban J connectivity index is 1.37. The second-order valence-corrected chi connectivity index (χ2v) is 12.9. The van der Waals surface area contributed by atoms with Gasteiger partial charge in [-0.15, -0.1) is 0 Å². The largest absolute Gasteiger partial charge is 0.382 e. The Labute approximate surface area is 229 Å². The van der Waals surface area contributed by atoms with Gasteiger partial charge in [0.1, 0.15) is 22.7 Å². The van der Waals surface area contributed by atoms with Crippen LogP contribution in [0.5, 0.6) is 0 Å². The summed E-state index contributed by atoms with van der Waals surface area (Å²) >= 11 is 0. The summed E-state index contributed by atoms with van der Waals surface area (Å²) in [7, 11) is 0. The summed E-state index contributed by atoms with van der Waals surface area (Å²) in [4.78, 5) is 18.1. The molecule has 1 aliphatic rings. The molecule has 1 saturated heterocycles. The highest BCUT2D eigenvalue weighted by Gasteiger charge is 2.29. The van der Waals surface area contributed by atoms with Crippen LogP contribution >= 0.6 is 0 Å². The first-order valence-corrected chi connectivity index (χ1v) is 14.7. The predicted octanol–water partition coefficient (Wildman–Crippen LogP) is 6.27. The highest BCUT2D eigenvalue weighted by molar-refractivity contribution is 6.07. The topological polar surface area (TPSA) is 83.3 Å². The van der Waals surface area contributed by atoms with Crippen LogP contribution in [0.2, 0.25) is 0 Å². The number of rotatable bonds is 12. The van der Waals surface area contributed by atoms with Crippen LogP contribution in [-0.2, 0) is 11.2 Å². The SMILES string of the molecule is CCCCc1nc2c([nH]1)c(N)nc1ccc(N3CCN(CC(C)(C)COCC(C)(C)C(C)CC)CC3)cc12. The van der Waals surface area contributed by atoms with Gasteiger partial charge in [-0.3, -0.25) is 4.90 Å². The molecule has 3 heterocycles. The number of aryl methyl sites for hydroxylation is 1. The van der Waals surface area contributed by atoms with Gasteiger partial charge in [0.05, 0.1) is 18.7 Å². The number of H-pyrrole nitrogens is 1. The van der Waals surface area contributed by atoms with Gasteiger partial charge in [0.15, 0.2) is 0 Å². The Hall–Kier alpha value is -2.38. The number of ether oxygens (including phenoxy) is 1. The third-order valence-corrected chi connectivity index (χ3v) is 8.55. The molecular weight excluding hydrogens is 472 g/mol. The Kier molecular flexibility index (Phi) is 8.88. The smallest absolute Gasteiger partial charge is 0.150 e. The summed E-state index contributed by atoms with van der Waals surface area (Å²) < 4.78 is 6.27. The van der Waals surface area contributed by atoms with Crippen molar-refractivity contribution in [2.75, 3.05) is 56.6 Å². The number of unbranched alkanes of at least 4 members (excludes halogenated alkanes) is 1. The van der Waals surface area contributed by atoms with Crippen LogP contribution < -0.4 is 10.6 Å². The fourth-order valence-corrected chi connectivity index (χ4v) is 5.56. The summed E-state index contributed by atoms with van der Waals surface area (Å²) in [6, 6.07) is 6.52. The lowest BCUT2D eigenvalue weighted by molar-refractivity contribution is -0.0149. The number of nitrogens with zero attached hydrogens (tertiary/aromatic N) is 4. The molecule has 0 aliphatic carbocycles. The summed E-state index contributed by atoms with van der Waals surface area (Å²) in [5, 5.41) is 1.08. The minimum Gasteiger partial charge on any atom is -0.382 e. The summed E-state index contributed by atoms with van der Waals surface area (Å²) in [6.45, 7) is 22.9. The van der Waals surface area contributed by atoms with Crippen LogP contribution in [0.1, 0.15) is 73.6 Å². The van der Waals surface area contributed by atoms with E-state index in [1.165, 1.54) is 12.1 Å². The van der Waals surface area contributed by atoms with Crippen LogP contribution in [0.25, 0.3) is 21.9 Å². The Morgan fingerprint density at radius 3 is 2.47 bits per heavy atom. The Bertz CT molecular complexity index is 1210. The van der Waals surface area contributed by atoms with Gasteiger partial charge in [-0.2, -0.15) is 0 Å². The number of hydrogen-bond acceptors (Lipinski definition) is 6. The van der Waals surface area contributed by atoms with E-state index in [0.717, 1.165) is 93.0 Å². The van der Waals surface area contributed by atoms with Crippen molar-refractivity contribution in [3.05, 3.63) is 24.0 Å². The molecule has 0 amide bonds. The standard InChI is InChI=1S/C31H50N6O/c1-8-10-11-26-34-27-24-18-23(12-13-25(24)33-29(32)28(27)35-26)37-16-14-36(15-17-37)19-30(4,5)20-38-21-31(6,7)22(3)9-2/h12-13,18,22H,8-11,14-17,19-21H2,1-7H3,(H2,32,33)(H,34,35). The van der Waals surface area contributed by atoms with Gasteiger partial charge in [0, 0.05) is 55.6 Å². The fraction of sp³-hybridized carbons (Fsp3) is 0.677. The number of nitrogens with two attached hydrogens (primary N) is 1. The molecule has 1 unspecified atom stereocenters. The van der Waals surface area contributed by atoms with Gasteiger partial charge in [0.25, 0.3) is 0 Å². The molecule has 7 nitrogen and oxygen atoms in total. The van der Waals surface area contributed by atoms with E-state index in [-0.39, 0.29) is 10.8 Å². The number of piperazine rings is 1. The maximum atomic E-state index is 6.27. The van der Waals surface area contributed by atoms with Gasteiger partial charge in [0.2, 0.25) is 0 Å². The first-order chi connectivity index (χ1) is 18.0. The number of aromatic nitrogens is 3. The number of anilines is 2. The van der Waals surface area contributed by atoms with E-state index in [1.54, 1.807) is 0 Å². The van der Waals surface area contributed by atoms with Crippen molar-refractivity contribution >= 4 is 33.4 Å². The molecule has 1 fully saturated rings. The molecule has 1 aliphatic heterocycles. The van der Waals surface area contributed by atoms with E-state index in [2.05, 4.69) is 86.4 Å². The van der Waals surface area contributed by atoms with E-state index in [1.807, 2.05) is 0 Å². The quantitative estimate of drug-likeness (QED) is 0.292. The highest BCUT2D eigenvalue weighted by atomic mass is 16.5. The molecule has 3 N–H and O–H groups in total. The molecule has 7 heteroatoms. The molecule has 210 valence electrons. The minimum atomic E-state index is 0.128. The Morgan fingerprint density at radius 1 is 1.05 bits per heavy atom. The van der Waals surface area contributed by atoms with Crippen molar-refractivity contribution in [3.63, 3.8) is 0 Å². The first kappa shape index (κ1) is 28.6. The van der Waals surface area contributed by atoms with E-state index in [9.17, 15) is 0 Å². The normalized spacial score (nSPS) is 16.6. The van der Waals surface area contributed by atoms with Gasteiger partial charge in [-0.25, -0.2) is 9.97 Å². The van der Waals surface area contributed by atoms with E-state index >= 15 is 0 Å². The predicted molar refractivity (Wildman–Crippen MR) is 161 cm³/mol. The van der Waals surface area contributed by atoms with Crippen molar-refractivity contribution < 1.29 is 4.74 Å². The van der Waals surface area contributed by atoms with E-state index in [0.29, 0.717) is 11.7 Å². The average molecular weight is 523 g/mol. The summed E-state index contributed by atoms with van der Waals surface area (Å²) in [5.41, 5.74) is 10.6. The average Bonchev–Trinajstić information content (AvgIpc) is 3.32. The van der Waals surface area contributed by atoms with Crippen LogP contribution in [0.15, 0.2) is 18.2 Å². The third kappa shape index (κ3) is 6.60. The molecule has 0 bridgehead atoms. The number of fused-ring (bicyclic) bond motifs is 3. The monoisotopic (exact) mass is 522 g/mol. The lowest BCUT2D eigenvalue weighted by Gasteiger charge is -2.40. The number of nitrogens with one attached hydrogen (secondary N) is 1. The lowest BCUT2D eigenvalue weighted by Crippen LogP contribution is -2.49. The van der Waals surface area contributed by atoms with Gasteiger partial charge in [-0.05, 0) is 36.0 Å². The number of pyridine rings is 1. The summed E-state index contributed by atoms with van der Waals surface area (Å²) in [5.74, 6) is 2.19. The molecule has 0 saturated carbocycles. The molecule has 0 spiro atoms. The second kappa shape index (κ2) is 11.8. The fourth-order valence-electron chi connectivity index (χ4n) is 5.56. The van der Waals surface area contributed by atoms with Crippen LogP contribution in [0, 0.1) is 16.7 Å². The zero-order valence-corrected chi connectivity index (χ0v) is 24.9. The minimum absolute atomic E-state index is 0.128. The molecule has 0 radical (unpaired) electrons. The number of hydrogen-bond donors (Lipinski definition) is 2. The molecular formula is C31H50N6O. The number of benzene rings is 1. The number of nitrogen functional groups attached to an aromatic ring is 1. The molecule has 3 aromatic rings. The maximum Gasteiger partial charge on any atom is 0.150 e. The molecule has 38 heavy (non-hydrogen) atoms. The Morgan fingerprint density at radius 2 is 1.79 bits per heavy atom. The zero-order chi connectivity index (χ0) is 27.5. The van der Waals surface area contributed by atoms with Crippen molar-refractivity contribution in [1.29, 1.82) is 0 Å². The van der Waals surface area contributed by atoms with Crippen LogP contribution in [-0.4, -0.2) is 65.8 Å². The molecule has 2 aromatic heterocycles. The highest BCUT2D eigenvalue weighted by Crippen LogP contribution is 2.32. The second-order valence-electron chi connectivity index (χ2n) is 12.9. The van der Waals surface area contributed by atoms with Gasteiger partial charge >= 0.3 is 0 Å².